The number of hydrogen-bond acceptors (Lipinski definition) is 9. The van der Waals surface area contributed by atoms with E-state index in [1.165, 1.54) is 6.92 Å². The van der Waals surface area contributed by atoms with Crippen LogP contribution in [0, 0.1) is 10.1 Å². The average Bonchev–Trinajstić information content (AvgIpc) is 2.76. The number of benzene rings is 1. The molecule has 36 heavy (non-hydrogen) atoms. The van der Waals surface area contributed by atoms with Crippen LogP contribution in [0.25, 0.3) is 6.08 Å². The highest BCUT2D eigenvalue weighted by Gasteiger charge is 2.49. The smallest absolute Gasteiger partial charge is 0.475 e. The summed E-state index contributed by atoms with van der Waals surface area (Å²) in [7, 11) is 0. The topological polar surface area (TPSA) is 123 Å². The summed E-state index contributed by atoms with van der Waals surface area (Å²) in [6, 6.07) is 1.65. The van der Waals surface area contributed by atoms with Crippen molar-refractivity contribution in [3.05, 3.63) is 38.9 Å². The van der Waals surface area contributed by atoms with Crippen LogP contribution in [-0.4, -0.2) is 55.5 Å². The van der Waals surface area contributed by atoms with E-state index in [2.05, 4.69) is 9.57 Å². The Morgan fingerprint density at radius 3 is 2.33 bits per heavy atom. The van der Waals surface area contributed by atoms with Crippen LogP contribution in [0.1, 0.15) is 30.9 Å². The first-order chi connectivity index (χ1) is 16.7. The second-order valence-corrected chi connectivity index (χ2v) is 7.06. The molecule has 1 aliphatic rings. The van der Waals surface area contributed by atoms with E-state index in [1.54, 1.807) is 0 Å². The molecular formula is C20H19F6NO9. The highest BCUT2D eigenvalue weighted by Crippen LogP contribution is 2.42. The molecule has 0 saturated heterocycles. The van der Waals surface area contributed by atoms with Crippen LogP contribution in [-0.2, 0) is 30.3 Å². The van der Waals surface area contributed by atoms with Gasteiger partial charge in [-0.15, -0.1) is 23.3 Å². The van der Waals surface area contributed by atoms with Crippen molar-refractivity contribution < 1.29 is 64.8 Å². The third-order valence-electron chi connectivity index (χ3n) is 4.45. The number of nitrogens with zero attached hydrogens (tertiary/aromatic N) is 1. The molecule has 0 unspecified atom stereocenters. The van der Waals surface area contributed by atoms with E-state index in [1.807, 2.05) is 0 Å². The molecule has 0 saturated carbocycles. The van der Waals surface area contributed by atoms with Crippen LogP contribution in [0.5, 0.6) is 11.5 Å². The van der Waals surface area contributed by atoms with Gasteiger partial charge < -0.3 is 23.8 Å². The summed E-state index contributed by atoms with van der Waals surface area (Å²) in [6.45, 7) is -0.0715. The van der Waals surface area contributed by atoms with Gasteiger partial charge in [0.2, 0.25) is 6.10 Å². The number of ether oxygens (including phenoxy) is 4. The maximum atomic E-state index is 13.6. The molecule has 10 nitrogen and oxygen atoms in total. The molecule has 0 aromatic heterocycles. The van der Waals surface area contributed by atoms with Crippen molar-refractivity contribution in [1.82, 2.24) is 0 Å². The summed E-state index contributed by atoms with van der Waals surface area (Å²) in [4.78, 5) is 37.8. The predicted octanol–water partition coefficient (Wildman–Crippen LogP) is 3.93. The summed E-state index contributed by atoms with van der Waals surface area (Å²) in [5, 5.41) is 8.94. The summed E-state index contributed by atoms with van der Waals surface area (Å²) in [5.41, 5.74) is -1.31. The highest BCUT2D eigenvalue weighted by atomic mass is 19.4. The molecule has 1 aromatic rings. The van der Waals surface area contributed by atoms with Crippen molar-refractivity contribution in [2.45, 2.75) is 44.8 Å². The van der Waals surface area contributed by atoms with Gasteiger partial charge in [0.25, 0.3) is 5.09 Å². The van der Waals surface area contributed by atoms with Gasteiger partial charge in [-0.05, 0) is 36.6 Å². The van der Waals surface area contributed by atoms with Crippen molar-refractivity contribution >= 4 is 18.0 Å². The molecule has 0 spiro atoms. The number of hydrogen-bond donors (Lipinski definition) is 0. The second-order valence-electron chi connectivity index (χ2n) is 7.06. The van der Waals surface area contributed by atoms with Gasteiger partial charge in [0.15, 0.2) is 0 Å². The maximum absolute atomic E-state index is 13.6. The van der Waals surface area contributed by atoms with E-state index in [0.29, 0.717) is 6.08 Å². The molecule has 2 rings (SSSR count). The van der Waals surface area contributed by atoms with E-state index in [9.17, 15) is 46.0 Å². The third-order valence-corrected chi connectivity index (χ3v) is 4.45. The molecule has 0 N–H and O–H groups in total. The van der Waals surface area contributed by atoms with Gasteiger partial charge in [0.1, 0.15) is 24.7 Å². The first-order valence-electron chi connectivity index (χ1n) is 10.2. The van der Waals surface area contributed by atoms with Gasteiger partial charge in [0.05, 0.1) is 12.2 Å². The van der Waals surface area contributed by atoms with Crippen molar-refractivity contribution in [2.24, 2.45) is 0 Å². The van der Waals surface area contributed by atoms with Crippen molar-refractivity contribution in [1.29, 1.82) is 0 Å². The van der Waals surface area contributed by atoms with Gasteiger partial charge in [0, 0.05) is 12.0 Å². The lowest BCUT2D eigenvalue weighted by atomic mass is 9.97. The number of esters is 2. The van der Waals surface area contributed by atoms with Crippen LogP contribution in [0.4, 0.5) is 26.3 Å². The molecule has 1 atom stereocenters. The van der Waals surface area contributed by atoms with E-state index >= 15 is 0 Å². The monoisotopic (exact) mass is 531 g/mol. The van der Waals surface area contributed by atoms with Crippen molar-refractivity contribution in [2.75, 3.05) is 19.8 Å². The molecular weight excluding hydrogens is 512 g/mol. The standard InChI is InChI=1S/C20H19F6NO9/c1-2-11-8-13(36-20(24,25)26)9-12-10-14(17(19(21,22)23)35-16(11)12)18(29)33-7-6-32-15(28)4-3-5-34-27(30)31/h8-10,17H,2-7H2,1H3/t17-/m0/s1. The van der Waals surface area contributed by atoms with Crippen molar-refractivity contribution in [3.8, 4) is 11.5 Å². The summed E-state index contributed by atoms with van der Waals surface area (Å²) in [6.07, 6.45) is -12.5. The van der Waals surface area contributed by atoms with E-state index in [-0.39, 0.29) is 42.7 Å². The van der Waals surface area contributed by atoms with E-state index < -0.39 is 60.2 Å². The molecule has 200 valence electrons. The highest BCUT2D eigenvalue weighted by molar-refractivity contribution is 5.96. The molecule has 1 heterocycles. The number of halogens is 6. The summed E-state index contributed by atoms with van der Waals surface area (Å²) in [5.74, 6) is -3.41. The molecule has 1 aliphatic heterocycles. The molecule has 16 heteroatoms. The minimum Gasteiger partial charge on any atom is -0.475 e. The first-order valence-corrected chi connectivity index (χ1v) is 10.2. The van der Waals surface area contributed by atoms with Crippen LogP contribution < -0.4 is 9.47 Å². The Hall–Kier alpha value is -3.72. The fourth-order valence-corrected chi connectivity index (χ4v) is 3.02. The van der Waals surface area contributed by atoms with E-state index in [0.717, 1.165) is 12.1 Å². The molecule has 0 amide bonds. The Morgan fingerprint density at radius 1 is 1.08 bits per heavy atom. The summed E-state index contributed by atoms with van der Waals surface area (Å²) < 4.78 is 96.9. The Labute approximate surface area is 198 Å². The molecule has 0 bridgehead atoms. The minimum absolute atomic E-state index is 0.000879. The predicted molar refractivity (Wildman–Crippen MR) is 105 cm³/mol. The van der Waals surface area contributed by atoms with Gasteiger partial charge in [-0.2, -0.15) is 13.2 Å². The van der Waals surface area contributed by atoms with Crippen LogP contribution in [0.15, 0.2) is 17.7 Å². The number of fused-ring (bicyclic) bond motifs is 1. The fraction of sp³-hybridized carbons (Fsp3) is 0.500. The van der Waals surface area contributed by atoms with Gasteiger partial charge in [-0.25, -0.2) is 4.79 Å². The largest absolute Gasteiger partial charge is 0.573 e. The maximum Gasteiger partial charge on any atom is 0.573 e. The van der Waals surface area contributed by atoms with Crippen molar-refractivity contribution in [3.63, 3.8) is 0 Å². The number of alkyl halides is 6. The van der Waals surface area contributed by atoms with Gasteiger partial charge in [-0.3, -0.25) is 4.79 Å². The fourth-order valence-electron chi connectivity index (χ4n) is 3.02. The zero-order chi connectivity index (χ0) is 27.1. The molecule has 0 fully saturated rings. The lowest BCUT2D eigenvalue weighted by Gasteiger charge is -2.29. The number of carbonyl (C=O) groups is 2. The minimum atomic E-state index is -5.08. The molecule has 1 aromatic carbocycles. The Morgan fingerprint density at radius 2 is 1.75 bits per heavy atom. The number of aryl methyl sites for hydroxylation is 1. The van der Waals surface area contributed by atoms with Gasteiger partial charge >= 0.3 is 24.5 Å². The van der Waals surface area contributed by atoms with Crippen LogP contribution in [0.3, 0.4) is 0 Å². The Bertz CT molecular complexity index is 1010. The molecule has 0 aliphatic carbocycles. The molecule has 0 radical (unpaired) electrons. The zero-order valence-electron chi connectivity index (χ0n) is 18.4. The number of rotatable bonds is 11. The zero-order valence-corrected chi connectivity index (χ0v) is 18.4. The SMILES string of the molecule is CCc1cc(OC(F)(F)F)cc2c1O[C@H](C(F)(F)F)C(C(=O)OCCOC(=O)CCCO[N+](=O)[O-])=C2. The summed E-state index contributed by atoms with van der Waals surface area (Å²) >= 11 is 0. The Kier molecular flexibility index (Phi) is 9.35. The average molecular weight is 531 g/mol. The first kappa shape index (κ1) is 28.5. The normalized spacial score (nSPS) is 15.2. The lowest BCUT2D eigenvalue weighted by Crippen LogP contribution is -2.41. The van der Waals surface area contributed by atoms with E-state index in [4.69, 9.17) is 14.2 Å². The lowest BCUT2D eigenvalue weighted by molar-refractivity contribution is -0.757. The van der Waals surface area contributed by atoms with Crippen LogP contribution >= 0.6 is 0 Å². The number of carbonyl (C=O) groups excluding carboxylic acids is 2. The third kappa shape index (κ3) is 8.49. The van der Waals surface area contributed by atoms with Crippen LogP contribution in [0.2, 0.25) is 0 Å². The second kappa shape index (κ2) is 11.8. The quantitative estimate of drug-likeness (QED) is 0.137. The van der Waals surface area contributed by atoms with Gasteiger partial charge in [-0.1, -0.05) is 6.92 Å². The Balaban J connectivity index is 2.11.